The van der Waals surface area contributed by atoms with Crippen molar-refractivity contribution in [1.82, 2.24) is 4.90 Å². The molecule has 1 unspecified atom stereocenters. The molecule has 4 rings (SSSR count). The van der Waals surface area contributed by atoms with Crippen molar-refractivity contribution < 1.29 is 9.52 Å². The van der Waals surface area contributed by atoms with Crippen LogP contribution in [0.5, 0.6) is 0 Å². The standard InChI is InChI=1S/C15H14N2O2/c18-15(13-6-3-9-19-13)10-11-4-1-2-5-12(11)14-16-7-8-17(14)15/h1-6,9,18H,7-8,10H2. The summed E-state index contributed by atoms with van der Waals surface area (Å²) in [5.74, 6) is 1.46. The third-order valence-corrected chi connectivity index (χ3v) is 3.90. The topological polar surface area (TPSA) is 49.0 Å². The molecule has 0 saturated heterocycles. The van der Waals surface area contributed by atoms with Gasteiger partial charge in [-0.25, -0.2) is 0 Å². The highest BCUT2D eigenvalue weighted by atomic mass is 16.4. The molecule has 19 heavy (non-hydrogen) atoms. The van der Waals surface area contributed by atoms with Crippen LogP contribution in [0.3, 0.4) is 0 Å². The largest absolute Gasteiger partial charge is 0.464 e. The summed E-state index contributed by atoms with van der Waals surface area (Å²) in [6.45, 7) is 1.44. The lowest BCUT2D eigenvalue weighted by Gasteiger charge is -2.41. The molecule has 1 atom stereocenters. The summed E-state index contributed by atoms with van der Waals surface area (Å²) in [5.41, 5.74) is 1.11. The molecule has 2 aromatic rings. The zero-order valence-corrected chi connectivity index (χ0v) is 10.4. The molecule has 0 bridgehead atoms. The number of hydrogen-bond donors (Lipinski definition) is 1. The van der Waals surface area contributed by atoms with E-state index >= 15 is 0 Å². The van der Waals surface area contributed by atoms with Gasteiger partial charge in [-0.15, -0.1) is 0 Å². The molecule has 0 radical (unpaired) electrons. The van der Waals surface area contributed by atoms with E-state index in [2.05, 4.69) is 11.1 Å². The van der Waals surface area contributed by atoms with Crippen molar-refractivity contribution in [1.29, 1.82) is 0 Å². The van der Waals surface area contributed by atoms with Crippen LogP contribution in [0.1, 0.15) is 16.9 Å². The van der Waals surface area contributed by atoms with Gasteiger partial charge in [-0.05, 0) is 17.7 Å². The summed E-state index contributed by atoms with van der Waals surface area (Å²) < 4.78 is 5.45. The van der Waals surface area contributed by atoms with Gasteiger partial charge < -0.3 is 14.4 Å². The average molecular weight is 254 g/mol. The molecule has 0 saturated carbocycles. The Labute approximate surface area is 111 Å². The van der Waals surface area contributed by atoms with Gasteiger partial charge in [0.2, 0.25) is 5.72 Å². The second kappa shape index (κ2) is 3.71. The van der Waals surface area contributed by atoms with Crippen molar-refractivity contribution >= 4 is 5.84 Å². The molecule has 1 aromatic heterocycles. The Hall–Kier alpha value is -2.07. The maximum Gasteiger partial charge on any atom is 0.203 e. The normalized spacial score (nSPS) is 24.9. The Bertz CT molecular complexity index is 648. The van der Waals surface area contributed by atoms with Gasteiger partial charge in [0.25, 0.3) is 0 Å². The fraction of sp³-hybridized carbons (Fsp3) is 0.267. The molecule has 1 N–H and O–H groups in total. The molecule has 2 aliphatic heterocycles. The number of hydrogen-bond acceptors (Lipinski definition) is 4. The van der Waals surface area contributed by atoms with E-state index in [1.807, 2.05) is 29.2 Å². The number of aliphatic hydroxyl groups is 1. The second-order valence-corrected chi connectivity index (χ2v) is 4.98. The summed E-state index contributed by atoms with van der Waals surface area (Å²) in [5, 5.41) is 11.1. The molecule has 4 heteroatoms. The van der Waals surface area contributed by atoms with Crippen LogP contribution in [0.15, 0.2) is 52.1 Å². The number of furan rings is 1. The fourth-order valence-corrected chi connectivity index (χ4v) is 3.02. The zero-order chi connectivity index (χ0) is 12.9. The zero-order valence-electron chi connectivity index (χ0n) is 10.4. The SMILES string of the molecule is OC1(c2ccco2)Cc2ccccc2C2=NCCN21. The number of benzene rings is 1. The molecule has 96 valence electrons. The van der Waals surface area contributed by atoms with E-state index in [1.54, 1.807) is 12.3 Å². The number of aliphatic imine (C=N–C) groups is 1. The Kier molecular flexibility index (Phi) is 2.11. The first-order valence-electron chi connectivity index (χ1n) is 6.46. The summed E-state index contributed by atoms with van der Waals surface area (Å²) >= 11 is 0. The first-order chi connectivity index (χ1) is 9.29. The summed E-state index contributed by atoms with van der Waals surface area (Å²) in [6, 6.07) is 11.7. The highest BCUT2D eigenvalue weighted by molar-refractivity contribution is 6.02. The van der Waals surface area contributed by atoms with Crippen molar-refractivity contribution in [2.45, 2.75) is 12.1 Å². The van der Waals surface area contributed by atoms with Crippen molar-refractivity contribution in [3.63, 3.8) is 0 Å². The van der Waals surface area contributed by atoms with Crippen molar-refractivity contribution in [2.75, 3.05) is 13.1 Å². The Balaban J connectivity index is 1.91. The van der Waals surface area contributed by atoms with Crippen LogP contribution in [0.4, 0.5) is 0 Å². The van der Waals surface area contributed by atoms with Crippen LogP contribution in [0.2, 0.25) is 0 Å². The number of nitrogens with zero attached hydrogens (tertiary/aromatic N) is 2. The van der Waals surface area contributed by atoms with Gasteiger partial charge in [0.1, 0.15) is 5.84 Å². The molecule has 4 nitrogen and oxygen atoms in total. The van der Waals surface area contributed by atoms with E-state index in [-0.39, 0.29) is 0 Å². The lowest BCUT2D eigenvalue weighted by Crippen LogP contribution is -2.52. The van der Waals surface area contributed by atoms with E-state index in [1.165, 1.54) is 0 Å². The van der Waals surface area contributed by atoms with Gasteiger partial charge in [0.15, 0.2) is 5.76 Å². The Morgan fingerprint density at radius 3 is 2.95 bits per heavy atom. The molecular weight excluding hydrogens is 240 g/mol. The molecule has 0 amide bonds. The van der Waals surface area contributed by atoms with Crippen LogP contribution in [-0.4, -0.2) is 28.9 Å². The van der Waals surface area contributed by atoms with Crippen molar-refractivity contribution in [3.05, 3.63) is 59.5 Å². The molecule has 0 aliphatic carbocycles. The predicted octanol–water partition coefficient (Wildman–Crippen LogP) is 1.74. The number of fused-ring (bicyclic) bond motifs is 3. The van der Waals surface area contributed by atoms with E-state index in [4.69, 9.17) is 4.42 Å². The van der Waals surface area contributed by atoms with E-state index in [9.17, 15) is 5.11 Å². The predicted molar refractivity (Wildman–Crippen MR) is 70.9 cm³/mol. The number of rotatable bonds is 1. The third kappa shape index (κ3) is 1.40. The van der Waals surface area contributed by atoms with E-state index in [0.717, 1.165) is 23.5 Å². The van der Waals surface area contributed by atoms with E-state index in [0.29, 0.717) is 18.7 Å². The molecule has 2 aliphatic rings. The molecule has 3 heterocycles. The van der Waals surface area contributed by atoms with E-state index < -0.39 is 5.72 Å². The second-order valence-electron chi connectivity index (χ2n) is 4.98. The molecule has 1 aromatic carbocycles. The van der Waals surface area contributed by atoms with Gasteiger partial charge in [0.05, 0.1) is 12.8 Å². The Morgan fingerprint density at radius 1 is 1.21 bits per heavy atom. The molecular formula is C15H14N2O2. The summed E-state index contributed by atoms with van der Waals surface area (Å²) in [4.78, 5) is 6.50. The first kappa shape index (κ1) is 10.8. The van der Waals surface area contributed by atoms with Crippen LogP contribution in [0, 0.1) is 0 Å². The maximum absolute atomic E-state index is 11.1. The highest BCUT2D eigenvalue weighted by Crippen LogP contribution is 2.38. The smallest absolute Gasteiger partial charge is 0.203 e. The fourth-order valence-electron chi connectivity index (χ4n) is 3.02. The van der Waals surface area contributed by atoms with Crippen LogP contribution < -0.4 is 0 Å². The first-order valence-corrected chi connectivity index (χ1v) is 6.46. The molecule has 0 fully saturated rings. The minimum Gasteiger partial charge on any atom is -0.464 e. The quantitative estimate of drug-likeness (QED) is 0.843. The van der Waals surface area contributed by atoms with Crippen LogP contribution >= 0.6 is 0 Å². The van der Waals surface area contributed by atoms with Gasteiger partial charge >= 0.3 is 0 Å². The minimum atomic E-state index is -1.12. The number of amidine groups is 1. The van der Waals surface area contributed by atoms with Gasteiger partial charge in [0, 0.05) is 18.5 Å². The lowest BCUT2D eigenvalue weighted by molar-refractivity contribution is -0.0907. The minimum absolute atomic E-state index is 0.524. The van der Waals surface area contributed by atoms with Gasteiger partial charge in [-0.3, -0.25) is 4.99 Å². The highest BCUT2D eigenvalue weighted by Gasteiger charge is 2.46. The van der Waals surface area contributed by atoms with Crippen molar-refractivity contribution in [2.24, 2.45) is 4.99 Å². The van der Waals surface area contributed by atoms with Gasteiger partial charge in [-0.2, -0.15) is 0 Å². The van der Waals surface area contributed by atoms with Crippen LogP contribution in [0.25, 0.3) is 0 Å². The molecule has 0 spiro atoms. The van der Waals surface area contributed by atoms with Crippen molar-refractivity contribution in [3.8, 4) is 0 Å². The monoisotopic (exact) mass is 254 g/mol. The Morgan fingerprint density at radius 2 is 2.11 bits per heavy atom. The summed E-state index contributed by atoms with van der Waals surface area (Å²) in [7, 11) is 0. The van der Waals surface area contributed by atoms with Crippen LogP contribution in [-0.2, 0) is 12.1 Å². The van der Waals surface area contributed by atoms with Gasteiger partial charge in [-0.1, -0.05) is 24.3 Å². The summed E-state index contributed by atoms with van der Waals surface area (Å²) in [6.07, 6.45) is 2.12. The maximum atomic E-state index is 11.1. The average Bonchev–Trinajstić information content (AvgIpc) is 3.11. The lowest BCUT2D eigenvalue weighted by atomic mass is 9.89. The third-order valence-electron chi connectivity index (χ3n) is 3.90.